The predicted octanol–water partition coefficient (Wildman–Crippen LogP) is 3.61. The van der Waals surface area contributed by atoms with Gasteiger partial charge in [-0.1, -0.05) is 48.5 Å². The molecule has 1 amide bonds. The van der Waals surface area contributed by atoms with Gasteiger partial charge >= 0.3 is 6.09 Å². The molecule has 0 radical (unpaired) electrons. The third-order valence-corrected chi connectivity index (χ3v) is 4.39. The summed E-state index contributed by atoms with van der Waals surface area (Å²) in [5.74, 6) is 0. The Hall–Kier alpha value is -2.33. The van der Waals surface area contributed by atoms with E-state index in [0.29, 0.717) is 19.7 Å². The molecule has 1 N–H and O–H groups in total. The number of benzene rings is 2. The molecule has 1 heterocycles. The Morgan fingerprint density at radius 1 is 1.17 bits per heavy atom. The van der Waals surface area contributed by atoms with Crippen LogP contribution >= 0.6 is 0 Å². The fraction of sp³-hybridized carbons (Fsp3) is 0.350. The zero-order chi connectivity index (χ0) is 17.2. The highest BCUT2D eigenvalue weighted by Crippen LogP contribution is 2.26. The van der Waals surface area contributed by atoms with Crippen molar-refractivity contribution in [3.05, 3.63) is 70.8 Å². The third kappa shape index (κ3) is 3.77. The van der Waals surface area contributed by atoms with Gasteiger partial charge in [0, 0.05) is 13.1 Å². The lowest BCUT2D eigenvalue weighted by Crippen LogP contribution is -2.36. The first kappa shape index (κ1) is 16.5. The molecule has 24 heavy (non-hydrogen) atoms. The first-order valence-corrected chi connectivity index (χ1v) is 8.24. The van der Waals surface area contributed by atoms with Gasteiger partial charge in [0.25, 0.3) is 0 Å². The Morgan fingerprint density at radius 3 is 2.62 bits per heavy atom. The van der Waals surface area contributed by atoms with Gasteiger partial charge in [-0.2, -0.15) is 0 Å². The summed E-state index contributed by atoms with van der Waals surface area (Å²) in [5, 5.41) is 10.1. The summed E-state index contributed by atoms with van der Waals surface area (Å²) in [4.78, 5) is 14.0. The van der Waals surface area contributed by atoms with Gasteiger partial charge in [0.15, 0.2) is 0 Å². The zero-order valence-electron chi connectivity index (χ0n) is 14.2. The van der Waals surface area contributed by atoms with E-state index < -0.39 is 5.60 Å². The van der Waals surface area contributed by atoms with Crippen LogP contribution in [-0.2, 0) is 29.9 Å². The number of carbonyl (C=O) groups excluding carboxylic acids is 1. The van der Waals surface area contributed by atoms with Crippen molar-refractivity contribution < 1.29 is 14.6 Å². The highest BCUT2D eigenvalue weighted by Gasteiger charge is 2.24. The van der Waals surface area contributed by atoms with Crippen molar-refractivity contribution in [2.75, 3.05) is 6.54 Å². The van der Waals surface area contributed by atoms with Gasteiger partial charge < -0.3 is 14.7 Å². The maximum absolute atomic E-state index is 12.3. The van der Waals surface area contributed by atoms with E-state index in [4.69, 9.17) is 4.74 Å². The van der Waals surface area contributed by atoms with Crippen LogP contribution in [0.4, 0.5) is 4.79 Å². The van der Waals surface area contributed by atoms with Crippen molar-refractivity contribution in [3.63, 3.8) is 0 Å². The van der Waals surface area contributed by atoms with E-state index in [0.717, 1.165) is 23.1 Å². The number of carbonyl (C=O) groups is 1. The number of fused-ring (bicyclic) bond motifs is 1. The Kier molecular flexibility index (Phi) is 4.58. The molecule has 0 saturated carbocycles. The number of hydrogen-bond donors (Lipinski definition) is 1. The second kappa shape index (κ2) is 6.65. The molecule has 0 spiro atoms. The van der Waals surface area contributed by atoms with Crippen LogP contribution in [0.1, 0.15) is 36.1 Å². The highest BCUT2D eigenvalue weighted by molar-refractivity contribution is 5.68. The molecule has 126 valence electrons. The number of ether oxygens (including phenoxy) is 1. The van der Waals surface area contributed by atoms with E-state index in [1.807, 2.05) is 48.5 Å². The van der Waals surface area contributed by atoms with Crippen molar-refractivity contribution in [1.29, 1.82) is 0 Å². The summed E-state index contributed by atoms with van der Waals surface area (Å²) in [6, 6.07) is 15.7. The summed E-state index contributed by atoms with van der Waals surface area (Å²) in [6.45, 7) is 5.04. The Morgan fingerprint density at radius 2 is 1.92 bits per heavy atom. The van der Waals surface area contributed by atoms with Crippen LogP contribution < -0.4 is 0 Å². The first-order valence-electron chi connectivity index (χ1n) is 8.24. The average Bonchev–Trinajstić information content (AvgIpc) is 2.59. The predicted molar refractivity (Wildman–Crippen MR) is 92.4 cm³/mol. The molecule has 2 aromatic carbocycles. The van der Waals surface area contributed by atoms with Crippen LogP contribution in [-0.4, -0.2) is 22.6 Å². The number of rotatable bonds is 3. The molecule has 3 rings (SSSR count). The second-order valence-corrected chi connectivity index (χ2v) is 6.75. The number of amides is 1. The molecule has 4 heteroatoms. The monoisotopic (exact) mass is 325 g/mol. The highest BCUT2D eigenvalue weighted by atomic mass is 16.6. The quantitative estimate of drug-likeness (QED) is 0.938. The maximum Gasteiger partial charge on any atom is 0.410 e. The topological polar surface area (TPSA) is 49.8 Å². The molecule has 0 aliphatic carbocycles. The van der Waals surface area contributed by atoms with E-state index in [-0.39, 0.29) is 6.09 Å². The summed E-state index contributed by atoms with van der Waals surface area (Å²) < 4.78 is 5.41. The number of aliphatic hydroxyl groups is 1. The molecule has 4 nitrogen and oxygen atoms in total. The largest absolute Gasteiger partial charge is 0.445 e. The SMILES string of the molecule is CC(C)(O)c1ccc2c(c1)CCN(C(=O)OCc1ccccc1)C2. The van der Waals surface area contributed by atoms with Gasteiger partial charge in [0.2, 0.25) is 0 Å². The van der Waals surface area contributed by atoms with Gasteiger partial charge in [0.05, 0.1) is 5.60 Å². The van der Waals surface area contributed by atoms with E-state index in [2.05, 4.69) is 0 Å². The van der Waals surface area contributed by atoms with Crippen LogP contribution in [0.2, 0.25) is 0 Å². The van der Waals surface area contributed by atoms with E-state index in [1.165, 1.54) is 5.56 Å². The number of hydrogen-bond acceptors (Lipinski definition) is 3. The van der Waals surface area contributed by atoms with Crippen molar-refractivity contribution in [1.82, 2.24) is 4.90 Å². The van der Waals surface area contributed by atoms with Crippen molar-refractivity contribution in [2.45, 2.75) is 39.0 Å². The van der Waals surface area contributed by atoms with Crippen molar-refractivity contribution in [2.24, 2.45) is 0 Å². The fourth-order valence-electron chi connectivity index (χ4n) is 2.90. The average molecular weight is 325 g/mol. The molecule has 0 aromatic heterocycles. The Bertz CT molecular complexity index is 719. The minimum Gasteiger partial charge on any atom is -0.445 e. The van der Waals surface area contributed by atoms with Gasteiger partial charge in [0.1, 0.15) is 6.61 Å². The third-order valence-electron chi connectivity index (χ3n) is 4.39. The van der Waals surface area contributed by atoms with Gasteiger partial charge in [-0.3, -0.25) is 0 Å². The van der Waals surface area contributed by atoms with Gasteiger partial charge in [-0.05, 0) is 42.5 Å². The first-order chi connectivity index (χ1) is 11.4. The summed E-state index contributed by atoms with van der Waals surface area (Å²) in [7, 11) is 0. The van der Waals surface area contributed by atoms with Crippen LogP contribution in [0.3, 0.4) is 0 Å². The zero-order valence-corrected chi connectivity index (χ0v) is 14.2. The minimum absolute atomic E-state index is 0.281. The summed E-state index contributed by atoms with van der Waals surface area (Å²) >= 11 is 0. The Labute approximate surface area is 142 Å². The van der Waals surface area contributed by atoms with Gasteiger partial charge in [-0.15, -0.1) is 0 Å². The summed E-state index contributed by atoms with van der Waals surface area (Å²) in [5.41, 5.74) is 3.35. The second-order valence-electron chi connectivity index (χ2n) is 6.75. The lowest BCUT2D eigenvalue weighted by Gasteiger charge is -2.29. The smallest absolute Gasteiger partial charge is 0.410 e. The number of nitrogens with zero attached hydrogens (tertiary/aromatic N) is 1. The maximum atomic E-state index is 12.3. The van der Waals surface area contributed by atoms with Crippen LogP contribution in [0.25, 0.3) is 0 Å². The van der Waals surface area contributed by atoms with Gasteiger partial charge in [-0.25, -0.2) is 4.79 Å². The molecule has 0 atom stereocenters. The van der Waals surface area contributed by atoms with Crippen molar-refractivity contribution in [3.8, 4) is 0 Å². The summed E-state index contributed by atoms with van der Waals surface area (Å²) in [6.07, 6.45) is 0.496. The van der Waals surface area contributed by atoms with Crippen LogP contribution in [0.5, 0.6) is 0 Å². The molecule has 0 bridgehead atoms. The molecular weight excluding hydrogens is 302 g/mol. The molecule has 0 fully saturated rings. The lowest BCUT2D eigenvalue weighted by molar-refractivity contribution is 0.0779. The minimum atomic E-state index is -0.846. The molecule has 2 aromatic rings. The molecular formula is C20H23NO3. The van der Waals surface area contributed by atoms with E-state index >= 15 is 0 Å². The Balaban J connectivity index is 1.63. The molecule has 1 aliphatic rings. The fourth-order valence-corrected chi connectivity index (χ4v) is 2.90. The lowest BCUT2D eigenvalue weighted by atomic mass is 9.91. The van der Waals surface area contributed by atoms with Crippen LogP contribution in [0, 0.1) is 0 Å². The van der Waals surface area contributed by atoms with Crippen molar-refractivity contribution >= 4 is 6.09 Å². The molecule has 0 saturated heterocycles. The van der Waals surface area contributed by atoms with E-state index in [9.17, 15) is 9.90 Å². The van der Waals surface area contributed by atoms with E-state index in [1.54, 1.807) is 18.7 Å². The normalized spacial score (nSPS) is 14.2. The molecule has 0 unspecified atom stereocenters. The standard InChI is InChI=1S/C20H23NO3/c1-20(2,23)18-9-8-17-13-21(11-10-16(17)12-18)19(22)24-14-15-6-4-3-5-7-15/h3-9,12,23H,10-11,13-14H2,1-2H3. The van der Waals surface area contributed by atoms with Crippen LogP contribution in [0.15, 0.2) is 48.5 Å². The molecule has 1 aliphatic heterocycles.